The SMILES string of the molecule is CC(N)Cc1c(N)nc(N)c(CC(C)N)c1-c1ccccc1.Cl. The van der Waals surface area contributed by atoms with Gasteiger partial charge in [0.25, 0.3) is 0 Å². The maximum Gasteiger partial charge on any atom is 0.129 e. The van der Waals surface area contributed by atoms with Crippen LogP contribution in [0.15, 0.2) is 30.3 Å². The van der Waals surface area contributed by atoms with Gasteiger partial charge >= 0.3 is 0 Å². The molecule has 0 amide bonds. The first kappa shape index (κ1) is 19.2. The molecule has 2 rings (SSSR count). The second-order valence-electron chi connectivity index (χ2n) is 5.94. The van der Waals surface area contributed by atoms with Gasteiger partial charge in [0.15, 0.2) is 0 Å². The summed E-state index contributed by atoms with van der Waals surface area (Å²) < 4.78 is 0. The molecule has 0 aliphatic heterocycles. The van der Waals surface area contributed by atoms with Crippen LogP contribution in [0.5, 0.6) is 0 Å². The van der Waals surface area contributed by atoms with Crippen LogP contribution in [0.3, 0.4) is 0 Å². The quantitative estimate of drug-likeness (QED) is 0.667. The van der Waals surface area contributed by atoms with Gasteiger partial charge in [0.1, 0.15) is 11.6 Å². The lowest BCUT2D eigenvalue weighted by Crippen LogP contribution is -2.23. The van der Waals surface area contributed by atoms with Crippen LogP contribution in [0, 0.1) is 0 Å². The molecule has 2 unspecified atom stereocenters. The van der Waals surface area contributed by atoms with E-state index in [0.29, 0.717) is 24.5 Å². The van der Waals surface area contributed by atoms with E-state index < -0.39 is 0 Å². The minimum absolute atomic E-state index is 0. The Kier molecular flexibility index (Phi) is 6.81. The van der Waals surface area contributed by atoms with Crippen molar-refractivity contribution in [3.8, 4) is 11.1 Å². The number of nitrogens with zero attached hydrogens (tertiary/aromatic N) is 1. The Balaban J connectivity index is 0.00000264. The fourth-order valence-electron chi connectivity index (χ4n) is 2.71. The molecule has 23 heavy (non-hydrogen) atoms. The molecule has 0 bridgehead atoms. The normalized spacial score (nSPS) is 13.2. The summed E-state index contributed by atoms with van der Waals surface area (Å²) in [4.78, 5) is 4.31. The van der Waals surface area contributed by atoms with E-state index >= 15 is 0 Å². The highest BCUT2D eigenvalue weighted by molar-refractivity contribution is 5.85. The molecule has 0 fully saturated rings. The lowest BCUT2D eigenvalue weighted by atomic mass is 9.89. The Morgan fingerprint density at radius 2 is 1.30 bits per heavy atom. The monoisotopic (exact) mass is 335 g/mol. The average molecular weight is 336 g/mol. The summed E-state index contributed by atoms with van der Waals surface area (Å²) in [6.45, 7) is 3.91. The number of nitrogens with two attached hydrogens (primary N) is 4. The number of anilines is 2. The number of hydrogen-bond donors (Lipinski definition) is 4. The third-order valence-electron chi connectivity index (χ3n) is 3.58. The Hall–Kier alpha value is -1.82. The molecular formula is C17H26ClN5. The van der Waals surface area contributed by atoms with Crippen molar-refractivity contribution in [2.45, 2.75) is 38.8 Å². The molecule has 1 aromatic heterocycles. The van der Waals surface area contributed by atoms with E-state index in [1.54, 1.807) is 0 Å². The molecule has 126 valence electrons. The molecule has 0 spiro atoms. The minimum atomic E-state index is -0.0154. The summed E-state index contributed by atoms with van der Waals surface area (Å²) in [5.41, 5.74) is 28.2. The lowest BCUT2D eigenvalue weighted by Gasteiger charge is -2.21. The summed E-state index contributed by atoms with van der Waals surface area (Å²) in [7, 11) is 0. The molecule has 8 N–H and O–H groups in total. The van der Waals surface area contributed by atoms with E-state index in [1.165, 1.54) is 0 Å². The maximum absolute atomic E-state index is 6.13. The van der Waals surface area contributed by atoms with Crippen molar-refractivity contribution in [2.24, 2.45) is 11.5 Å². The Labute approximate surface area is 143 Å². The van der Waals surface area contributed by atoms with Crippen molar-refractivity contribution in [3.63, 3.8) is 0 Å². The minimum Gasteiger partial charge on any atom is -0.383 e. The zero-order valence-electron chi connectivity index (χ0n) is 13.6. The number of halogens is 1. The van der Waals surface area contributed by atoms with Crippen molar-refractivity contribution in [2.75, 3.05) is 11.5 Å². The fraction of sp³-hybridized carbons (Fsp3) is 0.353. The van der Waals surface area contributed by atoms with Crippen LogP contribution in [-0.2, 0) is 12.8 Å². The first-order chi connectivity index (χ1) is 10.4. The smallest absolute Gasteiger partial charge is 0.129 e. The third kappa shape index (κ3) is 4.58. The topological polar surface area (TPSA) is 117 Å². The van der Waals surface area contributed by atoms with Gasteiger partial charge in [0, 0.05) is 23.2 Å². The molecule has 1 heterocycles. The van der Waals surface area contributed by atoms with Gasteiger partial charge in [-0.2, -0.15) is 0 Å². The van der Waals surface area contributed by atoms with Crippen molar-refractivity contribution in [1.82, 2.24) is 4.98 Å². The standard InChI is InChI=1S/C17H25N5.ClH/c1-10(18)8-13-15(12-6-4-3-5-7-12)14(9-11(2)19)17(21)22-16(13)20;/h3-7,10-11H,8-9,18-19H2,1-2H3,(H4,20,21,22);1H. The van der Waals surface area contributed by atoms with Gasteiger partial charge in [-0.15, -0.1) is 12.4 Å². The zero-order chi connectivity index (χ0) is 16.3. The highest BCUT2D eigenvalue weighted by atomic mass is 35.5. The van der Waals surface area contributed by atoms with Crippen molar-refractivity contribution in [3.05, 3.63) is 41.5 Å². The van der Waals surface area contributed by atoms with Crippen LogP contribution in [0.25, 0.3) is 11.1 Å². The molecule has 1 aromatic carbocycles. The van der Waals surface area contributed by atoms with Crippen molar-refractivity contribution < 1.29 is 0 Å². The molecule has 0 saturated carbocycles. The first-order valence-electron chi connectivity index (χ1n) is 7.53. The van der Waals surface area contributed by atoms with Gasteiger partial charge in [-0.1, -0.05) is 30.3 Å². The van der Waals surface area contributed by atoms with E-state index in [1.807, 2.05) is 44.2 Å². The van der Waals surface area contributed by atoms with Crippen LogP contribution < -0.4 is 22.9 Å². The molecule has 2 aromatic rings. The highest BCUT2D eigenvalue weighted by Gasteiger charge is 2.20. The van der Waals surface area contributed by atoms with E-state index in [0.717, 1.165) is 22.3 Å². The average Bonchev–Trinajstić information content (AvgIpc) is 2.44. The Bertz CT molecular complexity index is 607. The Morgan fingerprint density at radius 1 is 0.870 bits per heavy atom. The van der Waals surface area contributed by atoms with E-state index in [4.69, 9.17) is 22.9 Å². The van der Waals surface area contributed by atoms with Crippen LogP contribution in [0.2, 0.25) is 0 Å². The molecule has 2 atom stereocenters. The number of rotatable bonds is 5. The lowest BCUT2D eigenvalue weighted by molar-refractivity contribution is 0.725. The summed E-state index contributed by atoms with van der Waals surface area (Å²) in [5, 5.41) is 0. The van der Waals surface area contributed by atoms with Gasteiger partial charge in [0.05, 0.1) is 0 Å². The molecule has 6 heteroatoms. The molecule has 0 saturated heterocycles. The summed E-state index contributed by atoms with van der Waals surface area (Å²) >= 11 is 0. The van der Waals surface area contributed by atoms with E-state index in [9.17, 15) is 0 Å². The van der Waals surface area contributed by atoms with Gasteiger partial charge in [-0.3, -0.25) is 0 Å². The van der Waals surface area contributed by atoms with E-state index in [-0.39, 0.29) is 24.5 Å². The van der Waals surface area contributed by atoms with Gasteiger partial charge < -0.3 is 22.9 Å². The predicted molar refractivity (Wildman–Crippen MR) is 100 cm³/mol. The van der Waals surface area contributed by atoms with Gasteiger partial charge in [-0.05, 0) is 37.8 Å². The van der Waals surface area contributed by atoms with Crippen LogP contribution in [0.4, 0.5) is 11.6 Å². The Morgan fingerprint density at radius 3 is 1.70 bits per heavy atom. The first-order valence-corrected chi connectivity index (χ1v) is 7.53. The van der Waals surface area contributed by atoms with Gasteiger partial charge in [-0.25, -0.2) is 4.98 Å². The number of pyridine rings is 1. The number of hydrogen-bond acceptors (Lipinski definition) is 5. The third-order valence-corrected chi connectivity index (χ3v) is 3.58. The van der Waals surface area contributed by atoms with Crippen LogP contribution in [0.1, 0.15) is 25.0 Å². The maximum atomic E-state index is 6.13. The highest BCUT2D eigenvalue weighted by Crippen LogP contribution is 2.35. The molecule has 0 aliphatic carbocycles. The zero-order valence-corrected chi connectivity index (χ0v) is 14.4. The molecule has 0 radical (unpaired) electrons. The molecular weight excluding hydrogens is 310 g/mol. The van der Waals surface area contributed by atoms with E-state index in [2.05, 4.69) is 4.98 Å². The second kappa shape index (κ2) is 8.15. The molecule has 5 nitrogen and oxygen atoms in total. The fourth-order valence-corrected chi connectivity index (χ4v) is 2.71. The molecule has 0 aliphatic rings. The van der Waals surface area contributed by atoms with Gasteiger partial charge in [0.2, 0.25) is 0 Å². The summed E-state index contributed by atoms with van der Waals surface area (Å²) in [6.07, 6.45) is 1.30. The number of benzene rings is 1. The number of nitrogen functional groups attached to an aromatic ring is 2. The summed E-state index contributed by atoms with van der Waals surface area (Å²) in [5.74, 6) is 0.893. The van der Waals surface area contributed by atoms with Crippen molar-refractivity contribution >= 4 is 24.0 Å². The van der Waals surface area contributed by atoms with Crippen LogP contribution in [-0.4, -0.2) is 17.1 Å². The van der Waals surface area contributed by atoms with Crippen molar-refractivity contribution in [1.29, 1.82) is 0 Å². The predicted octanol–water partition coefficient (Wildman–Crippen LogP) is 2.11. The number of aromatic nitrogens is 1. The second-order valence-corrected chi connectivity index (χ2v) is 5.94. The summed E-state index contributed by atoms with van der Waals surface area (Å²) in [6, 6.07) is 10.0. The van der Waals surface area contributed by atoms with Crippen LogP contribution >= 0.6 is 12.4 Å². The largest absolute Gasteiger partial charge is 0.383 e.